The number of fused-ring (bicyclic) bond motifs is 1. The molecule has 0 aromatic rings. The van der Waals surface area contributed by atoms with Gasteiger partial charge < -0.3 is 24.1 Å². The second kappa shape index (κ2) is 5.26. The van der Waals surface area contributed by atoms with Gasteiger partial charge in [0.1, 0.15) is 5.92 Å². The van der Waals surface area contributed by atoms with Crippen molar-refractivity contribution in [2.45, 2.75) is 44.9 Å². The fourth-order valence-corrected chi connectivity index (χ4v) is 3.47. The average Bonchev–Trinajstić information content (AvgIpc) is 2.66. The van der Waals surface area contributed by atoms with Crippen LogP contribution in [-0.2, 0) is 23.7 Å². The van der Waals surface area contributed by atoms with Crippen molar-refractivity contribution in [2.75, 3.05) is 20.8 Å². The van der Waals surface area contributed by atoms with Gasteiger partial charge in [-0.15, -0.1) is 0 Å². The number of methoxy groups -OCH3 is 2. The van der Waals surface area contributed by atoms with Crippen LogP contribution in [0.3, 0.4) is 0 Å². The first kappa shape index (κ1) is 15.7. The van der Waals surface area contributed by atoms with E-state index in [1.165, 1.54) is 14.2 Å². The Morgan fingerprint density at radius 3 is 2.55 bits per heavy atom. The van der Waals surface area contributed by atoms with E-state index in [1.54, 1.807) is 6.92 Å². The summed E-state index contributed by atoms with van der Waals surface area (Å²) < 4.78 is 22.7. The Hall–Kier alpha value is -0.690. The van der Waals surface area contributed by atoms with Crippen molar-refractivity contribution in [1.82, 2.24) is 0 Å². The maximum absolute atomic E-state index is 12.0. The Morgan fingerprint density at radius 1 is 1.40 bits per heavy atom. The summed E-state index contributed by atoms with van der Waals surface area (Å²) in [6, 6.07) is 0. The lowest BCUT2D eigenvalue weighted by Gasteiger charge is -2.51. The van der Waals surface area contributed by atoms with Gasteiger partial charge in [-0.2, -0.15) is 0 Å². The Morgan fingerprint density at radius 2 is 2.05 bits per heavy atom. The maximum atomic E-state index is 12.0. The average molecular weight is 288 g/mol. The molecule has 2 saturated heterocycles. The Labute approximate surface area is 119 Å². The van der Waals surface area contributed by atoms with Crippen LogP contribution < -0.4 is 0 Å². The number of esters is 1. The summed E-state index contributed by atoms with van der Waals surface area (Å²) in [5.41, 5.74) is 0. The summed E-state index contributed by atoms with van der Waals surface area (Å²) in [5, 5.41) is 9.39. The molecule has 0 bridgehead atoms. The van der Waals surface area contributed by atoms with Gasteiger partial charge in [0, 0.05) is 33.2 Å². The third kappa shape index (κ3) is 1.89. The van der Waals surface area contributed by atoms with Gasteiger partial charge in [0.25, 0.3) is 5.79 Å². The maximum Gasteiger partial charge on any atom is 0.317 e. The molecule has 2 fully saturated rings. The normalized spacial score (nSPS) is 45.9. The molecule has 6 nitrogen and oxygen atoms in total. The van der Waals surface area contributed by atoms with Crippen molar-refractivity contribution in [2.24, 2.45) is 17.8 Å². The van der Waals surface area contributed by atoms with Crippen LogP contribution in [0, 0.1) is 17.8 Å². The zero-order valence-electron chi connectivity index (χ0n) is 12.7. The number of hydrogen-bond acceptors (Lipinski definition) is 6. The predicted molar refractivity (Wildman–Crippen MR) is 69.6 cm³/mol. The van der Waals surface area contributed by atoms with Crippen molar-refractivity contribution in [3.05, 3.63) is 0 Å². The quantitative estimate of drug-likeness (QED) is 0.775. The minimum absolute atomic E-state index is 0.0119. The molecule has 0 saturated carbocycles. The molecule has 0 unspecified atom stereocenters. The fraction of sp³-hybridized carbons (Fsp3) is 0.929. The minimum Gasteiger partial charge on any atom is -0.427 e. The fourth-order valence-electron chi connectivity index (χ4n) is 3.47. The highest BCUT2D eigenvalue weighted by Crippen LogP contribution is 2.53. The molecule has 0 radical (unpaired) electrons. The molecular formula is C14H24O6. The SMILES string of the molecule is CO[C@]12C[C@H](C)[C@H]([C@@H](C)CO)O[C@]1(OC)[C@@H](C)C(=O)O2. The Kier molecular flexibility index (Phi) is 4.12. The number of rotatable bonds is 4. The van der Waals surface area contributed by atoms with Crippen molar-refractivity contribution in [3.8, 4) is 0 Å². The van der Waals surface area contributed by atoms with Crippen LogP contribution in [0.4, 0.5) is 0 Å². The molecular weight excluding hydrogens is 264 g/mol. The number of carbonyl (C=O) groups excluding carboxylic acids is 1. The zero-order valence-corrected chi connectivity index (χ0v) is 12.7. The van der Waals surface area contributed by atoms with Crippen molar-refractivity contribution >= 4 is 5.97 Å². The molecule has 2 aliphatic rings. The van der Waals surface area contributed by atoms with Crippen LogP contribution in [0.5, 0.6) is 0 Å². The summed E-state index contributed by atoms with van der Waals surface area (Å²) in [6.45, 7) is 5.63. The second-order valence-corrected chi connectivity index (χ2v) is 5.90. The third-order valence-electron chi connectivity index (χ3n) is 4.66. The van der Waals surface area contributed by atoms with Gasteiger partial charge in [-0.25, -0.2) is 0 Å². The van der Waals surface area contributed by atoms with Crippen LogP contribution >= 0.6 is 0 Å². The first-order valence-electron chi connectivity index (χ1n) is 6.99. The van der Waals surface area contributed by atoms with Crippen LogP contribution in [-0.4, -0.2) is 49.6 Å². The monoisotopic (exact) mass is 288 g/mol. The van der Waals surface area contributed by atoms with Crippen LogP contribution in [0.1, 0.15) is 27.2 Å². The first-order valence-corrected chi connectivity index (χ1v) is 6.99. The molecule has 1 N–H and O–H groups in total. The van der Waals surface area contributed by atoms with Crippen molar-refractivity contribution < 1.29 is 28.8 Å². The topological polar surface area (TPSA) is 74.2 Å². The van der Waals surface area contributed by atoms with E-state index in [0.29, 0.717) is 6.42 Å². The molecule has 0 aromatic heterocycles. The molecule has 6 heteroatoms. The molecule has 20 heavy (non-hydrogen) atoms. The molecule has 116 valence electrons. The molecule has 0 amide bonds. The van der Waals surface area contributed by atoms with Gasteiger partial charge in [0.2, 0.25) is 5.79 Å². The summed E-state index contributed by atoms with van der Waals surface area (Å²) in [4.78, 5) is 12.0. The largest absolute Gasteiger partial charge is 0.427 e. The summed E-state index contributed by atoms with van der Waals surface area (Å²) >= 11 is 0. The molecule has 2 aliphatic heterocycles. The number of carbonyl (C=O) groups is 1. The number of aliphatic hydroxyl groups excluding tert-OH is 1. The van der Waals surface area contributed by atoms with E-state index in [0.717, 1.165) is 0 Å². The van der Waals surface area contributed by atoms with E-state index in [-0.39, 0.29) is 24.5 Å². The smallest absolute Gasteiger partial charge is 0.317 e. The van der Waals surface area contributed by atoms with E-state index in [2.05, 4.69) is 0 Å². The van der Waals surface area contributed by atoms with Crippen LogP contribution in [0.15, 0.2) is 0 Å². The summed E-state index contributed by atoms with van der Waals surface area (Å²) in [7, 11) is 2.98. The lowest BCUT2D eigenvalue weighted by atomic mass is 9.79. The Balaban J connectivity index is 2.42. The number of ether oxygens (including phenoxy) is 4. The second-order valence-electron chi connectivity index (χ2n) is 5.90. The van der Waals surface area contributed by atoms with Gasteiger partial charge in [0.05, 0.1) is 6.10 Å². The van der Waals surface area contributed by atoms with Gasteiger partial charge in [-0.05, 0) is 12.8 Å². The predicted octanol–water partition coefficient (Wildman–Crippen LogP) is 0.918. The highest BCUT2D eigenvalue weighted by Gasteiger charge is 2.72. The summed E-state index contributed by atoms with van der Waals surface area (Å²) in [6.07, 6.45) is 0.253. The molecule has 0 aromatic carbocycles. The first-order chi connectivity index (χ1) is 9.37. The standard InChI is InChI=1S/C14H24O6/c1-8-6-13(17-4)14(18-5,10(3)12(16)20-13)19-11(8)9(2)7-15/h8-11,15H,6-7H2,1-5H3/t8-,9-,10-,11+,13-,14+/m0/s1. The minimum atomic E-state index is -1.26. The van der Waals surface area contributed by atoms with E-state index in [1.807, 2.05) is 13.8 Å². The summed E-state index contributed by atoms with van der Waals surface area (Å²) in [5.74, 6) is -3.46. The van der Waals surface area contributed by atoms with Gasteiger partial charge in [-0.3, -0.25) is 4.79 Å². The van der Waals surface area contributed by atoms with Crippen molar-refractivity contribution in [3.63, 3.8) is 0 Å². The number of aliphatic hydroxyl groups is 1. The molecule has 6 atom stereocenters. The van der Waals surface area contributed by atoms with E-state index in [4.69, 9.17) is 18.9 Å². The van der Waals surface area contributed by atoms with Gasteiger partial charge in [0.15, 0.2) is 0 Å². The highest BCUT2D eigenvalue weighted by molar-refractivity contribution is 5.76. The number of hydrogen-bond donors (Lipinski definition) is 1. The van der Waals surface area contributed by atoms with E-state index >= 15 is 0 Å². The molecule has 2 heterocycles. The zero-order chi connectivity index (χ0) is 15.1. The van der Waals surface area contributed by atoms with Gasteiger partial charge >= 0.3 is 5.97 Å². The highest BCUT2D eigenvalue weighted by atomic mass is 16.8. The van der Waals surface area contributed by atoms with E-state index < -0.39 is 23.5 Å². The third-order valence-corrected chi connectivity index (χ3v) is 4.66. The van der Waals surface area contributed by atoms with Crippen molar-refractivity contribution in [1.29, 1.82) is 0 Å². The molecule has 0 aliphatic carbocycles. The molecule has 0 spiro atoms. The Bertz CT molecular complexity index is 386. The van der Waals surface area contributed by atoms with E-state index in [9.17, 15) is 9.90 Å². The molecule has 2 rings (SSSR count). The van der Waals surface area contributed by atoms with Crippen LogP contribution in [0.2, 0.25) is 0 Å². The van der Waals surface area contributed by atoms with Crippen LogP contribution in [0.25, 0.3) is 0 Å². The lowest BCUT2D eigenvalue weighted by Crippen LogP contribution is -2.65. The van der Waals surface area contributed by atoms with Gasteiger partial charge in [-0.1, -0.05) is 13.8 Å². The lowest BCUT2D eigenvalue weighted by molar-refractivity contribution is -0.414.